The van der Waals surface area contributed by atoms with Crippen LogP contribution in [0.25, 0.3) is 11.1 Å². The molecule has 0 aliphatic heterocycles. The molecule has 13 heteroatoms. The Labute approximate surface area is 395 Å². The molecular formula is C54H67NO12. The van der Waals surface area contributed by atoms with Gasteiger partial charge in [0, 0.05) is 12.5 Å². The molecule has 0 fully saturated rings. The Balaban J connectivity index is 0.645. The van der Waals surface area contributed by atoms with Gasteiger partial charge in [0.05, 0.1) is 126 Å². The van der Waals surface area contributed by atoms with Gasteiger partial charge in [-0.3, -0.25) is 0 Å². The zero-order valence-electron chi connectivity index (χ0n) is 38.6. The third-order valence-electron chi connectivity index (χ3n) is 10.9. The number of fused-ring (bicyclic) bond motifs is 3. The number of hydrogen-bond donors (Lipinski definition) is 1. The molecule has 0 saturated heterocycles. The van der Waals surface area contributed by atoms with Gasteiger partial charge in [-0.1, -0.05) is 140 Å². The Bertz CT molecular complexity index is 1920. The average molecular weight is 922 g/mol. The maximum atomic E-state index is 12.3. The van der Waals surface area contributed by atoms with E-state index in [1.54, 1.807) is 0 Å². The number of carbonyl (C=O) groups is 1. The molecule has 1 amide bonds. The second kappa shape index (κ2) is 31.1. The second-order valence-corrected chi connectivity index (χ2v) is 15.4. The molecule has 1 N–H and O–H groups in total. The van der Waals surface area contributed by atoms with Crippen molar-refractivity contribution in [3.8, 4) is 11.1 Å². The number of ether oxygens (including phenoxy) is 11. The van der Waals surface area contributed by atoms with Gasteiger partial charge in [0.2, 0.25) is 0 Å². The molecule has 360 valence electrons. The van der Waals surface area contributed by atoms with Crippen LogP contribution in [0.15, 0.2) is 140 Å². The molecule has 0 aromatic heterocycles. The Kier molecular flexibility index (Phi) is 23.8. The van der Waals surface area contributed by atoms with E-state index in [9.17, 15) is 4.79 Å². The van der Waals surface area contributed by atoms with Gasteiger partial charge in [-0.2, -0.15) is 0 Å². The van der Waals surface area contributed by atoms with E-state index in [2.05, 4.69) is 66.0 Å². The minimum atomic E-state index is -0.760. The minimum Gasteiger partial charge on any atom is -0.449 e. The lowest BCUT2D eigenvalue weighted by Gasteiger charge is -2.36. The summed E-state index contributed by atoms with van der Waals surface area (Å²) in [5, 5.41) is 2.75. The van der Waals surface area contributed by atoms with Crippen molar-refractivity contribution >= 4 is 6.09 Å². The third kappa shape index (κ3) is 17.2. The average Bonchev–Trinajstić information content (AvgIpc) is 3.70. The first-order chi connectivity index (χ1) is 33.3. The van der Waals surface area contributed by atoms with Gasteiger partial charge in [-0.25, -0.2) is 4.79 Å². The van der Waals surface area contributed by atoms with Crippen molar-refractivity contribution in [1.29, 1.82) is 0 Å². The fourth-order valence-corrected chi connectivity index (χ4v) is 7.76. The molecule has 0 spiro atoms. The van der Waals surface area contributed by atoms with Gasteiger partial charge < -0.3 is 57.4 Å². The summed E-state index contributed by atoms with van der Waals surface area (Å²) in [6.45, 7) is 9.36. The maximum absolute atomic E-state index is 12.3. The summed E-state index contributed by atoms with van der Waals surface area (Å²) in [7, 11) is 0. The number of alkyl carbamates (subject to hydrolysis) is 1. The van der Waals surface area contributed by atoms with Crippen LogP contribution in [0.1, 0.15) is 33.7 Å². The van der Waals surface area contributed by atoms with Crippen LogP contribution in [0.3, 0.4) is 0 Å². The van der Waals surface area contributed by atoms with Crippen molar-refractivity contribution in [3.63, 3.8) is 0 Å². The van der Waals surface area contributed by atoms with E-state index in [4.69, 9.17) is 52.1 Å². The SMILES string of the molecule is O=C(NCCOCCOCCOCCOCCOCCOCCOCCOCCOCCOC(c1ccccc1)(c1ccccc1)c1ccccc1)OCC1c2ccccc2-c2ccccc21. The normalized spacial score (nSPS) is 12.2. The highest BCUT2D eigenvalue weighted by Crippen LogP contribution is 2.44. The summed E-state index contributed by atoms with van der Waals surface area (Å²) in [6.07, 6.45) is -0.454. The summed E-state index contributed by atoms with van der Waals surface area (Å²) >= 11 is 0. The molecule has 6 rings (SSSR count). The van der Waals surface area contributed by atoms with Gasteiger partial charge in [0.25, 0.3) is 0 Å². The van der Waals surface area contributed by atoms with E-state index < -0.39 is 11.7 Å². The predicted octanol–water partition coefficient (Wildman–Crippen LogP) is 7.68. The Morgan fingerprint density at radius 1 is 0.373 bits per heavy atom. The highest BCUT2D eigenvalue weighted by Gasteiger charge is 2.37. The van der Waals surface area contributed by atoms with Crippen LogP contribution in [-0.4, -0.2) is 145 Å². The molecule has 0 radical (unpaired) electrons. The minimum absolute atomic E-state index is 0.0324. The predicted molar refractivity (Wildman–Crippen MR) is 256 cm³/mol. The zero-order chi connectivity index (χ0) is 46.3. The summed E-state index contributed by atoms with van der Waals surface area (Å²) in [5.41, 5.74) is 7.19. The van der Waals surface area contributed by atoms with E-state index in [-0.39, 0.29) is 12.5 Å². The maximum Gasteiger partial charge on any atom is 0.407 e. The molecule has 1 aliphatic carbocycles. The Morgan fingerprint density at radius 3 is 1.03 bits per heavy atom. The smallest absolute Gasteiger partial charge is 0.407 e. The van der Waals surface area contributed by atoms with Crippen LogP contribution in [0.5, 0.6) is 0 Å². The molecule has 5 aromatic carbocycles. The number of amides is 1. The number of nitrogens with one attached hydrogen (secondary N) is 1. The number of carbonyl (C=O) groups excluding carboxylic acids is 1. The monoisotopic (exact) mass is 921 g/mol. The van der Waals surface area contributed by atoms with Crippen molar-refractivity contribution in [2.24, 2.45) is 0 Å². The van der Waals surface area contributed by atoms with Crippen LogP contribution in [-0.2, 0) is 57.7 Å². The molecule has 0 saturated carbocycles. The van der Waals surface area contributed by atoms with Crippen LogP contribution in [0.2, 0.25) is 0 Å². The van der Waals surface area contributed by atoms with Gasteiger partial charge in [-0.15, -0.1) is 0 Å². The van der Waals surface area contributed by atoms with Crippen molar-refractivity contribution in [1.82, 2.24) is 5.32 Å². The lowest BCUT2D eigenvalue weighted by Crippen LogP contribution is -2.34. The zero-order valence-corrected chi connectivity index (χ0v) is 38.6. The molecule has 0 bridgehead atoms. The summed E-state index contributed by atoms with van der Waals surface area (Å²) in [6, 6.07) is 47.5. The van der Waals surface area contributed by atoms with Crippen molar-refractivity contribution in [2.45, 2.75) is 11.5 Å². The first kappa shape index (κ1) is 51.4. The van der Waals surface area contributed by atoms with Crippen LogP contribution in [0.4, 0.5) is 4.79 Å². The number of rotatable bonds is 36. The standard InChI is InChI=1S/C54H67NO12/c56-53(66-44-52-50-22-12-10-20-48(50)49-21-11-13-23-51(49)52)55-24-25-57-26-27-58-28-29-59-30-31-60-32-33-61-34-35-62-36-37-63-38-39-64-40-41-65-42-43-67-54(45-14-4-1-5-15-45,46-16-6-2-7-17-46)47-18-8-3-9-19-47/h1-23,52H,24-44H2,(H,55,56). The van der Waals surface area contributed by atoms with Crippen LogP contribution in [0, 0.1) is 0 Å². The second-order valence-electron chi connectivity index (χ2n) is 15.4. The fourth-order valence-electron chi connectivity index (χ4n) is 7.76. The van der Waals surface area contributed by atoms with E-state index in [0.29, 0.717) is 132 Å². The number of benzene rings is 5. The topological polar surface area (TPSA) is 131 Å². The summed E-state index contributed by atoms with van der Waals surface area (Å²) in [4.78, 5) is 12.3. The fraction of sp³-hybridized carbons (Fsp3) is 0.426. The lowest BCUT2D eigenvalue weighted by molar-refractivity contribution is -0.0399. The van der Waals surface area contributed by atoms with E-state index >= 15 is 0 Å². The third-order valence-corrected chi connectivity index (χ3v) is 10.9. The van der Waals surface area contributed by atoms with Crippen molar-refractivity contribution in [3.05, 3.63) is 167 Å². The highest BCUT2D eigenvalue weighted by molar-refractivity contribution is 5.79. The van der Waals surface area contributed by atoms with E-state index in [1.807, 2.05) is 78.9 Å². The highest BCUT2D eigenvalue weighted by atomic mass is 16.6. The largest absolute Gasteiger partial charge is 0.449 e. The number of hydrogen-bond acceptors (Lipinski definition) is 12. The Hall–Kier alpha value is -5.03. The van der Waals surface area contributed by atoms with E-state index in [1.165, 1.54) is 22.3 Å². The molecular weight excluding hydrogens is 855 g/mol. The van der Waals surface area contributed by atoms with E-state index in [0.717, 1.165) is 16.7 Å². The molecule has 5 aromatic rings. The lowest BCUT2D eigenvalue weighted by atomic mass is 9.80. The van der Waals surface area contributed by atoms with Crippen LogP contribution >= 0.6 is 0 Å². The van der Waals surface area contributed by atoms with Gasteiger partial charge in [0.1, 0.15) is 12.2 Å². The first-order valence-electron chi connectivity index (χ1n) is 23.4. The molecule has 13 nitrogen and oxygen atoms in total. The van der Waals surface area contributed by atoms with Crippen molar-refractivity contribution < 1.29 is 56.9 Å². The van der Waals surface area contributed by atoms with Crippen molar-refractivity contribution in [2.75, 3.05) is 139 Å². The molecule has 67 heavy (non-hydrogen) atoms. The van der Waals surface area contributed by atoms with Gasteiger partial charge in [0.15, 0.2) is 0 Å². The molecule has 0 heterocycles. The molecule has 1 aliphatic rings. The quantitative estimate of drug-likeness (QED) is 0.0313. The molecule has 0 atom stereocenters. The summed E-state index contributed by atoms with van der Waals surface area (Å²) < 4.78 is 62.7. The Morgan fingerprint density at radius 2 is 0.672 bits per heavy atom. The summed E-state index contributed by atoms with van der Waals surface area (Å²) in [5.74, 6) is 0.0324. The first-order valence-corrected chi connectivity index (χ1v) is 23.4. The van der Waals surface area contributed by atoms with Crippen LogP contribution < -0.4 is 5.32 Å². The van der Waals surface area contributed by atoms with Gasteiger partial charge >= 0.3 is 6.09 Å². The molecule has 0 unspecified atom stereocenters. The van der Waals surface area contributed by atoms with Gasteiger partial charge in [-0.05, 0) is 38.9 Å².